The minimum absolute atomic E-state index is 0.0950. The van der Waals surface area contributed by atoms with Crippen LogP contribution in [0.15, 0.2) is 42.5 Å². The number of hydrogen-bond donors (Lipinski definition) is 1. The van der Waals surface area contributed by atoms with E-state index in [4.69, 9.17) is 14.6 Å². The Bertz CT molecular complexity index is 972. The number of hydrogen-bond acceptors (Lipinski definition) is 4. The summed E-state index contributed by atoms with van der Waals surface area (Å²) >= 11 is 0. The molecule has 2 aromatic carbocycles. The molecule has 0 spiro atoms. The number of benzene rings is 2. The average molecular weight is 421 g/mol. The molecule has 0 radical (unpaired) electrons. The maximum Gasteiger partial charge on any atom is 0.338 e. The molecule has 0 heterocycles. The normalized spacial score (nSPS) is 28.4. The molecule has 0 amide bonds. The van der Waals surface area contributed by atoms with Crippen LogP contribution >= 0.6 is 0 Å². The maximum atomic E-state index is 12.6. The molecule has 4 saturated carbocycles. The van der Waals surface area contributed by atoms with Crippen LogP contribution in [0.3, 0.4) is 0 Å². The molecule has 1 N–H and O–H groups in total. The summed E-state index contributed by atoms with van der Waals surface area (Å²) in [4.78, 5) is 23.6. The van der Waals surface area contributed by atoms with Gasteiger partial charge < -0.3 is 14.6 Å². The average Bonchev–Trinajstić information content (AvgIpc) is 2.76. The molecule has 5 nitrogen and oxygen atoms in total. The van der Waals surface area contributed by atoms with Crippen molar-refractivity contribution < 1.29 is 24.2 Å². The molecule has 0 aliphatic heterocycles. The quantitative estimate of drug-likeness (QED) is 0.649. The fourth-order valence-electron chi connectivity index (χ4n) is 6.67. The highest BCUT2D eigenvalue weighted by molar-refractivity contribution is 5.90. The van der Waals surface area contributed by atoms with Crippen molar-refractivity contribution in [2.75, 3.05) is 7.11 Å². The number of ether oxygens (including phenoxy) is 2. The third-order valence-corrected chi connectivity index (χ3v) is 7.62. The van der Waals surface area contributed by atoms with Crippen molar-refractivity contribution in [3.8, 4) is 5.75 Å². The van der Waals surface area contributed by atoms with Gasteiger partial charge in [-0.05, 0) is 91.5 Å². The van der Waals surface area contributed by atoms with E-state index < -0.39 is 11.9 Å². The van der Waals surface area contributed by atoms with E-state index in [1.54, 1.807) is 19.2 Å². The number of aromatic carboxylic acids is 1. The third kappa shape index (κ3) is 3.71. The number of carboxylic acid groups (broad SMARTS) is 1. The predicted octanol–water partition coefficient (Wildman–Crippen LogP) is 5.22. The van der Waals surface area contributed by atoms with Crippen LogP contribution in [0.4, 0.5) is 0 Å². The Hall–Kier alpha value is -2.82. The lowest BCUT2D eigenvalue weighted by Gasteiger charge is -2.57. The van der Waals surface area contributed by atoms with Gasteiger partial charge in [0.25, 0.3) is 0 Å². The van der Waals surface area contributed by atoms with Crippen molar-refractivity contribution in [2.45, 2.75) is 50.5 Å². The first kappa shape index (κ1) is 20.1. The van der Waals surface area contributed by atoms with Gasteiger partial charge in [-0.2, -0.15) is 0 Å². The van der Waals surface area contributed by atoms with Crippen LogP contribution in [0.5, 0.6) is 5.75 Å². The van der Waals surface area contributed by atoms with Crippen molar-refractivity contribution in [3.05, 3.63) is 64.7 Å². The highest BCUT2D eigenvalue weighted by Gasteiger charge is 2.52. The summed E-state index contributed by atoms with van der Waals surface area (Å²) in [7, 11) is 1.68. The first-order valence-corrected chi connectivity index (χ1v) is 11.1. The van der Waals surface area contributed by atoms with Gasteiger partial charge in [0.2, 0.25) is 0 Å². The lowest BCUT2D eigenvalue weighted by molar-refractivity contribution is -0.00619. The Kier molecular flexibility index (Phi) is 4.99. The Morgan fingerprint density at radius 2 is 1.52 bits per heavy atom. The third-order valence-electron chi connectivity index (χ3n) is 7.62. The summed E-state index contributed by atoms with van der Waals surface area (Å²) in [5.74, 6) is 1.93. The molecule has 0 aromatic heterocycles. The van der Waals surface area contributed by atoms with Gasteiger partial charge in [0.1, 0.15) is 12.4 Å². The maximum absolute atomic E-state index is 12.6. The largest absolute Gasteiger partial charge is 0.496 e. The predicted molar refractivity (Wildman–Crippen MR) is 115 cm³/mol. The summed E-state index contributed by atoms with van der Waals surface area (Å²) in [6.45, 7) is 0.0950. The van der Waals surface area contributed by atoms with Crippen LogP contribution in [0.1, 0.15) is 70.4 Å². The Labute approximate surface area is 182 Å². The highest BCUT2D eigenvalue weighted by atomic mass is 16.5. The molecular weight excluding hydrogens is 392 g/mol. The van der Waals surface area contributed by atoms with Gasteiger partial charge in [-0.3, -0.25) is 0 Å². The van der Waals surface area contributed by atoms with Crippen LogP contribution in [0, 0.1) is 17.8 Å². The van der Waals surface area contributed by atoms with Crippen molar-refractivity contribution in [2.24, 2.45) is 17.8 Å². The van der Waals surface area contributed by atoms with E-state index in [0.717, 1.165) is 29.1 Å². The second-order valence-corrected chi connectivity index (χ2v) is 9.69. The molecule has 0 saturated heterocycles. The lowest BCUT2D eigenvalue weighted by atomic mass is 9.48. The fourth-order valence-corrected chi connectivity index (χ4v) is 6.67. The molecule has 4 bridgehead atoms. The number of esters is 1. The van der Waals surface area contributed by atoms with Crippen LogP contribution in [0.25, 0.3) is 0 Å². The van der Waals surface area contributed by atoms with Gasteiger partial charge in [0.05, 0.1) is 18.2 Å². The summed E-state index contributed by atoms with van der Waals surface area (Å²) in [6.07, 6.45) is 7.89. The molecule has 5 heteroatoms. The minimum Gasteiger partial charge on any atom is -0.496 e. The summed E-state index contributed by atoms with van der Waals surface area (Å²) in [5.41, 5.74) is 2.90. The molecular formula is C26H28O5. The fraction of sp³-hybridized carbons (Fsp3) is 0.462. The van der Waals surface area contributed by atoms with E-state index in [2.05, 4.69) is 6.07 Å². The van der Waals surface area contributed by atoms with Gasteiger partial charge in [-0.1, -0.05) is 18.2 Å². The van der Waals surface area contributed by atoms with Crippen molar-refractivity contribution in [1.29, 1.82) is 0 Å². The second kappa shape index (κ2) is 7.70. The van der Waals surface area contributed by atoms with E-state index >= 15 is 0 Å². The van der Waals surface area contributed by atoms with Gasteiger partial charge >= 0.3 is 11.9 Å². The number of rotatable bonds is 6. The number of carboxylic acids is 1. The van der Waals surface area contributed by atoms with Gasteiger partial charge in [0.15, 0.2) is 0 Å². The highest BCUT2D eigenvalue weighted by Crippen LogP contribution is 2.61. The molecule has 0 atom stereocenters. The van der Waals surface area contributed by atoms with E-state index in [-0.39, 0.29) is 17.6 Å². The molecule has 2 aromatic rings. The van der Waals surface area contributed by atoms with Crippen LogP contribution in [0.2, 0.25) is 0 Å². The zero-order valence-corrected chi connectivity index (χ0v) is 17.8. The summed E-state index contributed by atoms with van der Waals surface area (Å²) < 4.78 is 11.2. The smallest absolute Gasteiger partial charge is 0.338 e. The van der Waals surface area contributed by atoms with Crippen molar-refractivity contribution in [3.63, 3.8) is 0 Å². The van der Waals surface area contributed by atoms with E-state index in [9.17, 15) is 9.59 Å². The van der Waals surface area contributed by atoms with Crippen molar-refractivity contribution in [1.82, 2.24) is 0 Å². The van der Waals surface area contributed by atoms with Crippen LogP contribution in [-0.4, -0.2) is 24.2 Å². The topological polar surface area (TPSA) is 72.8 Å². The first-order valence-electron chi connectivity index (χ1n) is 11.1. The van der Waals surface area contributed by atoms with Crippen LogP contribution in [-0.2, 0) is 16.8 Å². The Morgan fingerprint density at radius 1 is 0.935 bits per heavy atom. The van der Waals surface area contributed by atoms with Gasteiger partial charge in [-0.25, -0.2) is 9.59 Å². The molecule has 4 fully saturated rings. The molecule has 0 unspecified atom stereocenters. The second-order valence-electron chi connectivity index (χ2n) is 9.69. The zero-order valence-electron chi connectivity index (χ0n) is 17.8. The Morgan fingerprint density at radius 3 is 2.06 bits per heavy atom. The minimum atomic E-state index is -0.977. The zero-order chi connectivity index (χ0) is 21.6. The van der Waals surface area contributed by atoms with E-state index in [1.165, 1.54) is 56.2 Å². The monoisotopic (exact) mass is 420 g/mol. The van der Waals surface area contributed by atoms with Crippen molar-refractivity contribution >= 4 is 11.9 Å². The van der Waals surface area contributed by atoms with Gasteiger partial charge in [-0.15, -0.1) is 0 Å². The van der Waals surface area contributed by atoms with Crippen LogP contribution < -0.4 is 4.74 Å². The number of carbonyl (C=O) groups excluding carboxylic acids is 1. The summed E-state index contributed by atoms with van der Waals surface area (Å²) in [6, 6.07) is 12.1. The standard InChI is InChI=1S/C26H28O5/c1-30-23-11-21(25(29)31-15-16-2-4-20(5-3-16)24(27)28)6-7-22(23)26-12-17-8-18(13-26)10-19(9-17)14-26/h2-7,11,17-19H,8-10,12-15H2,1H3,(H,27,28). The lowest BCUT2D eigenvalue weighted by Crippen LogP contribution is -2.48. The molecule has 4 aliphatic rings. The number of methoxy groups -OCH3 is 1. The summed E-state index contributed by atoms with van der Waals surface area (Å²) in [5, 5.41) is 8.98. The Balaban J connectivity index is 1.32. The first-order chi connectivity index (χ1) is 15.0. The number of carbonyl (C=O) groups is 2. The molecule has 6 rings (SSSR count). The van der Waals surface area contributed by atoms with E-state index in [1.807, 2.05) is 12.1 Å². The molecule has 162 valence electrons. The van der Waals surface area contributed by atoms with E-state index in [0.29, 0.717) is 5.56 Å². The molecule has 31 heavy (non-hydrogen) atoms. The molecule has 4 aliphatic carbocycles. The van der Waals surface area contributed by atoms with Gasteiger partial charge in [0, 0.05) is 5.56 Å². The SMILES string of the molecule is COc1cc(C(=O)OCc2ccc(C(=O)O)cc2)ccc1C12CC3CC(CC(C3)C1)C2.